The van der Waals surface area contributed by atoms with Crippen LogP contribution in [0.3, 0.4) is 0 Å². The molecule has 1 aliphatic heterocycles. The summed E-state index contributed by atoms with van der Waals surface area (Å²) in [5.41, 5.74) is 6.37. The molecule has 3 N–H and O–H groups in total. The van der Waals surface area contributed by atoms with Gasteiger partial charge in [0.1, 0.15) is 6.33 Å². The molecule has 6 nitrogen and oxygen atoms in total. The van der Waals surface area contributed by atoms with E-state index >= 15 is 0 Å². The summed E-state index contributed by atoms with van der Waals surface area (Å²) in [7, 11) is 0. The molecule has 0 spiro atoms. The minimum atomic E-state index is 0.00232. The molecule has 1 amide bonds. The Morgan fingerprint density at radius 2 is 2.50 bits per heavy atom. The topological polar surface area (TPSA) is 84.1 Å². The van der Waals surface area contributed by atoms with E-state index in [0.717, 1.165) is 25.3 Å². The average molecular weight is 221 g/mol. The number of carbonyl (C=O) groups is 1. The molecular formula is C10H15N5O. The van der Waals surface area contributed by atoms with Gasteiger partial charge in [-0.1, -0.05) is 0 Å². The summed E-state index contributed by atoms with van der Waals surface area (Å²) in [5, 5.41) is 2.90. The third-order valence-corrected chi connectivity index (χ3v) is 2.61. The fourth-order valence-electron chi connectivity index (χ4n) is 1.96. The van der Waals surface area contributed by atoms with Crippen molar-refractivity contribution in [1.29, 1.82) is 0 Å². The number of nitrogens with one attached hydrogen (secondary N) is 1. The van der Waals surface area contributed by atoms with Crippen molar-refractivity contribution in [3.05, 3.63) is 12.5 Å². The standard InChI is InChI=1S/C10H15N5O/c1-7(16)14-8-2-3-15(5-8)10-9(11)4-12-6-13-10/h4,6,8H,2-3,5,11H2,1H3,(H,14,16). The first kappa shape index (κ1) is 10.7. The Balaban J connectivity index is 2.04. The number of hydrogen-bond donors (Lipinski definition) is 2. The molecule has 86 valence electrons. The zero-order chi connectivity index (χ0) is 11.5. The zero-order valence-electron chi connectivity index (χ0n) is 9.18. The zero-order valence-corrected chi connectivity index (χ0v) is 9.18. The Bertz CT molecular complexity index is 395. The first-order valence-corrected chi connectivity index (χ1v) is 5.24. The molecular weight excluding hydrogens is 206 g/mol. The van der Waals surface area contributed by atoms with Gasteiger partial charge in [-0.2, -0.15) is 0 Å². The van der Waals surface area contributed by atoms with Crippen LogP contribution in [-0.2, 0) is 4.79 Å². The van der Waals surface area contributed by atoms with Crippen LogP contribution < -0.4 is 16.0 Å². The molecule has 1 aliphatic rings. The lowest BCUT2D eigenvalue weighted by atomic mass is 10.3. The van der Waals surface area contributed by atoms with Crippen LogP contribution in [0.15, 0.2) is 12.5 Å². The van der Waals surface area contributed by atoms with Crippen LogP contribution in [0.1, 0.15) is 13.3 Å². The Kier molecular flexibility index (Phi) is 2.89. The van der Waals surface area contributed by atoms with Crippen LogP contribution in [0.4, 0.5) is 11.5 Å². The second-order valence-electron chi connectivity index (χ2n) is 3.93. The SMILES string of the molecule is CC(=O)NC1CCN(c2ncncc2N)C1. The predicted molar refractivity (Wildman–Crippen MR) is 60.9 cm³/mol. The van der Waals surface area contributed by atoms with Gasteiger partial charge in [0.25, 0.3) is 0 Å². The van der Waals surface area contributed by atoms with Crippen molar-refractivity contribution in [3.63, 3.8) is 0 Å². The number of hydrogen-bond acceptors (Lipinski definition) is 5. The summed E-state index contributed by atoms with van der Waals surface area (Å²) in [6, 6.07) is 0.187. The number of aromatic nitrogens is 2. The van der Waals surface area contributed by atoms with E-state index in [-0.39, 0.29) is 11.9 Å². The summed E-state index contributed by atoms with van der Waals surface area (Å²) in [6.45, 7) is 3.13. The smallest absolute Gasteiger partial charge is 0.217 e. The van der Waals surface area contributed by atoms with Crippen LogP contribution in [-0.4, -0.2) is 35.0 Å². The lowest BCUT2D eigenvalue weighted by molar-refractivity contribution is -0.119. The van der Waals surface area contributed by atoms with Gasteiger partial charge in [0.2, 0.25) is 5.91 Å². The fraction of sp³-hybridized carbons (Fsp3) is 0.500. The Morgan fingerprint density at radius 3 is 3.19 bits per heavy atom. The van der Waals surface area contributed by atoms with Gasteiger partial charge in [-0.25, -0.2) is 9.97 Å². The van der Waals surface area contributed by atoms with Crippen LogP contribution >= 0.6 is 0 Å². The number of carbonyl (C=O) groups excluding carboxylic acids is 1. The highest BCUT2D eigenvalue weighted by Crippen LogP contribution is 2.22. The fourth-order valence-corrected chi connectivity index (χ4v) is 1.96. The monoisotopic (exact) mass is 221 g/mol. The molecule has 1 unspecified atom stereocenters. The molecule has 2 rings (SSSR count). The van der Waals surface area contributed by atoms with Crippen molar-refractivity contribution in [1.82, 2.24) is 15.3 Å². The van der Waals surface area contributed by atoms with E-state index in [2.05, 4.69) is 20.2 Å². The van der Waals surface area contributed by atoms with Crippen molar-refractivity contribution in [2.45, 2.75) is 19.4 Å². The van der Waals surface area contributed by atoms with Gasteiger partial charge in [0.05, 0.1) is 11.9 Å². The number of amides is 1. The molecule has 1 aromatic heterocycles. The first-order chi connectivity index (χ1) is 7.66. The minimum Gasteiger partial charge on any atom is -0.394 e. The third-order valence-electron chi connectivity index (χ3n) is 2.61. The van der Waals surface area contributed by atoms with Crippen LogP contribution in [0.25, 0.3) is 0 Å². The normalized spacial score (nSPS) is 19.8. The van der Waals surface area contributed by atoms with E-state index in [4.69, 9.17) is 5.73 Å². The largest absolute Gasteiger partial charge is 0.394 e. The molecule has 16 heavy (non-hydrogen) atoms. The van der Waals surface area contributed by atoms with Gasteiger partial charge >= 0.3 is 0 Å². The van der Waals surface area contributed by atoms with Gasteiger partial charge in [-0.15, -0.1) is 0 Å². The van der Waals surface area contributed by atoms with Crippen molar-refractivity contribution < 1.29 is 4.79 Å². The third kappa shape index (κ3) is 2.21. The van der Waals surface area contributed by atoms with Crippen LogP contribution in [0.5, 0.6) is 0 Å². The second-order valence-corrected chi connectivity index (χ2v) is 3.93. The lowest BCUT2D eigenvalue weighted by Gasteiger charge is -2.18. The van der Waals surface area contributed by atoms with Gasteiger partial charge < -0.3 is 16.0 Å². The number of nitrogen functional groups attached to an aromatic ring is 1. The maximum absolute atomic E-state index is 10.9. The summed E-state index contributed by atoms with van der Waals surface area (Å²) in [5.74, 6) is 0.755. The highest BCUT2D eigenvalue weighted by Gasteiger charge is 2.24. The van der Waals surface area contributed by atoms with Gasteiger partial charge in [-0.3, -0.25) is 4.79 Å². The van der Waals surface area contributed by atoms with Crippen molar-refractivity contribution in [3.8, 4) is 0 Å². The summed E-state index contributed by atoms with van der Waals surface area (Å²) in [4.78, 5) is 21.0. The van der Waals surface area contributed by atoms with E-state index in [1.54, 1.807) is 6.20 Å². The molecule has 0 aliphatic carbocycles. The summed E-state index contributed by atoms with van der Waals surface area (Å²) >= 11 is 0. The van der Waals surface area contributed by atoms with E-state index in [1.807, 2.05) is 0 Å². The van der Waals surface area contributed by atoms with Gasteiger partial charge in [0, 0.05) is 26.1 Å². The Hall–Kier alpha value is -1.85. The average Bonchev–Trinajstić information content (AvgIpc) is 2.66. The summed E-state index contributed by atoms with van der Waals surface area (Å²) in [6.07, 6.45) is 3.99. The molecule has 6 heteroatoms. The molecule has 1 aromatic rings. The van der Waals surface area contributed by atoms with E-state index < -0.39 is 0 Å². The number of rotatable bonds is 2. The first-order valence-electron chi connectivity index (χ1n) is 5.24. The van der Waals surface area contributed by atoms with Gasteiger partial charge in [-0.05, 0) is 6.42 Å². The number of nitrogens with zero attached hydrogens (tertiary/aromatic N) is 3. The van der Waals surface area contributed by atoms with Crippen LogP contribution in [0, 0.1) is 0 Å². The number of nitrogens with two attached hydrogens (primary N) is 1. The Morgan fingerprint density at radius 1 is 1.69 bits per heavy atom. The maximum Gasteiger partial charge on any atom is 0.217 e. The quantitative estimate of drug-likeness (QED) is 0.721. The van der Waals surface area contributed by atoms with Crippen molar-refractivity contribution in [2.24, 2.45) is 0 Å². The molecule has 0 aromatic carbocycles. The molecule has 2 heterocycles. The van der Waals surface area contributed by atoms with E-state index in [9.17, 15) is 4.79 Å². The molecule has 0 radical (unpaired) electrons. The summed E-state index contributed by atoms with van der Waals surface area (Å²) < 4.78 is 0. The van der Waals surface area contributed by atoms with Crippen molar-refractivity contribution in [2.75, 3.05) is 23.7 Å². The molecule has 0 saturated carbocycles. The Labute approximate surface area is 93.9 Å². The molecule has 0 bridgehead atoms. The van der Waals surface area contributed by atoms with Crippen molar-refractivity contribution >= 4 is 17.4 Å². The second kappa shape index (κ2) is 4.34. The molecule has 1 atom stereocenters. The predicted octanol–water partition coefficient (Wildman–Crippen LogP) is -0.226. The molecule has 1 fully saturated rings. The number of anilines is 2. The van der Waals surface area contributed by atoms with E-state index in [1.165, 1.54) is 13.3 Å². The lowest BCUT2D eigenvalue weighted by Crippen LogP contribution is -2.35. The molecule has 1 saturated heterocycles. The minimum absolute atomic E-state index is 0.00232. The van der Waals surface area contributed by atoms with Gasteiger partial charge in [0.15, 0.2) is 5.82 Å². The van der Waals surface area contributed by atoms with E-state index in [0.29, 0.717) is 5.69 Å². The highest BCUT2D eigenvalue weighted by atomic mass is 16.1. The maximum atomic E-state index is 10.9. The van der Waals surface area contributed by atoms with Crippen LogP contribution in [0.2, 0.25) is 0 Å². The highest BCUT2D eigenvalue weighted by molar-refractivity contribution is 5.73.